The quantitative estimate of drug-likeness (QED) is 0.835. The van der Waals surface area contributed by atoms with Gasteiger partial charge in [0, 0.05) is 6.42 Å². The predicted octanol–water partition coefficient (Wildman–Crippen LogP) is 1.60. The van der Waals surface area contributed by atoms with Crippen molar-refractivity contribution in [3.05, 3.63) is 30.3 Å². The predicted molar refractivity (Wildman–Crippen MR) is 67.1 cm³/mol. The van der Waals surface area contributed by atoms with Gasteiger partial charge in [-0.05, 0) is 25.5 Å². The van der Waals surface area contributed by atoms with Gasteiger partial charge < -0.3 is 4.74 Å². The van der Waals surface area contributed by atoms with Gasteiger partial charge in [-0.25, -0.2) is 8.42 Å². The lowest BCUT2D eigenvalue weighted by Crippen LogP contribution is -2.39. The molecule has 0 spiro atoms. The molecule has 1 saturated heterocycles. The van der Waals surface area contributed by atoms with E-state index >= 15 is 0 Å². The van der Waals surface area contributed by atoms with Crippen LogP contribution in [0.15, 0.2) is 35.2 Å². The Morgan fingerprint density at radius 3 is 2.61 bits per heavy atom. The van der Waals surface area contributed by atoms with Crippen molar-refractivity contribution in [2.45, 2.75) is 36.9 Å². The second-order valence-electron chi connectivity index (χ2n) is 4.53. The maximum Gasteiger partial charge on any atom is 0.181 e. The summed E-state index contributed by atoms with van der Waals surface area (Å²) in [6, 6.07) is 8.15. The van der Waals surface area contributed by atoms with Gasteiger partial charge in [-0.3, -0.25) is 4.79 Å². The Morgan fingerprint density at radius 2 is 1.94 bits per heavy atom. The number of rotatable bonds is 3. The highest BCUT2D eigenvalue weighted by Crippen LogP contribution is 2.20. The molecule has 1 heterocycles. The molecule has 0 amide bonds. The van der Waals surface area contributed by atoms with Gasteiger partial charge in [-0.2, -0.15) is 0 Å². The van der Waals surface area contributed by atoms with Crippen LogP contribution in [0.1, 0.15) is 19.8 Å². The fourth-order valence-corrected chi connectivity index (χ4v) is 3.41. The van der Waals surface area contributed by atoms with Crippen molar-refractivity contribution in [2.24, 2.45) is 0 Å². The van der Waals surface area contributed by atoms with Crippen molar-refractivity contribution in [1.29, 1.82) is 0 Å². The van der Waals surface area contributed by atoms with Gasteiger partial charge in [0.2, 0.25) is 0 Å². The molecule has 1 fully saturated rings. The smallest absolute Gasteiger partial charge is 0.181 e. The lowest BCUT2D eigenvalue weighted by Gasteiger charge is -2.26. The molecule has 0 radical (unpaired) electrons. The van der Waals surface area contributed by atoms with Crippen LogP contribution in [0.4, 0.5) is 0 Å². The largest absolute Gasteiger partial charge is 0.366 e. The van der Waals surface area contributed by atoms with E-state index in [0.29, 0.717) is 12.8 Å². The first-order valence-electron chi connectivity index (χ1n) is 5.95. The zero-order valence-corrected chi connectivity index (χ0v) is 11.0. The van der Waals surface area contributed by atoms with Crippen LogP contribution in [0.2, 0.25) is 0 Å². The standard InChI is InChI=1S/C13H16O4S/c1-10-7-8-12(14)13(17-10)9-18(15,16)11-5-3-2-4-6-11/h2-6,10,13H,7-9H2,1H3/t10-,13+/m1/s1. The third kappa shape index (κ3) is 2.97. The van der Waals surface area contributed by atoms with Crippen LogP contribution >= 0.6 is 0 Å². The Hall–Kier alpha value is -1.20. The fourth-order valence-electron chi connectivity index (χ4n) is 1.99. The van der Waals surface area contributed by atoms with Gasteiger partial charge >= 0.3 is 0 Å². The fraction of sp³-hybridized carbons (Fsp3) is 0.462. The van der Waals surface area contributed by atoms with Crippen LogP contribution in [-0.2, 0) is 19.4 Å². The second kappa shape index (κ2) is 5.20. The van der Waals surface area contributed by atoms with E-state index in [2.05, 4.69) is 0 Å². The number of hydrogen-bond acceptors (Lipinski definition) is 4. The second-order valence-corrected chi connectivity index (χ2v) is 6.57. The first-order valence-corrected chi connectivity index (χ1v) is 7.60. The van der Waals surface area contributed by atoms with Crippen molar-refractivity contribution in [3.63, 3.8) is 0 Å². The van der Waals surface area contributed by atoms with Crippen molar-refractivity contribution in [1.82, 2.24) is 0 Å². The van der Waals surface area contributed by atoms with Gasteiger partial charge in [-0.15, -0.1) is 0 Å². The Balaban J connectivity index is 2.15. The maximum atomic E-state index is 12.1. The van der Waals surface area contributed by atoms with E-state index in [1.165, 1.54) is 12.1 Å². The number of hydrogen-bond donors (Lipinski definition) is 0. The molecule has 4 nitrogen and oxygen atoms in total. The summed E-state index contributed by atoms with van der Waals surface area (Å²) in [5, 5.41) is 0. The average molecular weight is 268 g/mol. The first kappa shape index (κ1) is 13.2. The number of carbonyl (C=O) groups is 1. The van der Waals surface area contributed by atoms with Gasteiger partial charge in [0.1, 0.15) is 6.10 Å². The van der Waals surface area contributed by atoms with Gasteiger partial charge in [0.15, 0.2) is 15.6 Å². The number of sulfone groups is 1. The molecule has 98 valence electrons. The summed E-state index contributed by atoms with van der Waals surface area (Å²) >= 11 is 0. The zero-order valence-electron chi connectivity index (χ0n) is 10.2. The third-order valence-corrected chi connectivity index (χ3v) is 4.76. The number of benzene rings is 1. The average Bonchev–Trinajstić information content (AvgIpc) is 2.35. The summed E-state index contributed by atoms with van der Waals surface area (Å²) in [5.74, 6) is -0.382. The maximum absolute atomic E-state index is 12.1. The lowest BCUT2D eigenvalue weighted by molar-refractivity contribution is -0.139. The molecular formula is C13H16O4S. The number of Topliss-reactive ketones (excluding diaryl/α,β-unsaturated/α-hetero) is 1. The molecule has 5 heteroatoms. The molecule has 2 rings (SSSR count). The van der Waals surface area contributed by atoms with Crippen molar-refractivity contribution >= 4 is 15.6 Å². The van der Waals surface area contributed by atoms with Gasteiger partial charge in [0.05, 0.1) is 16.8 Å². The normalized spacial score (nSPS) is 25.1. The van der Waals surface area contributed by atoms with Gasteiger partial charge in [-0.1, -0.05) is 18.2 Å². The summed E-state index contributed by atoms with van der Waals surface area (Å²) in [4.78, 5) is 11.9. The summed E-state index contributed by atoms with van der Waals surface area (Å²) in [6.07, 6.45) is 0.189. The minimum absolute atomic E-state index is 0.0568. The highest BCUT2D eigenvalue weighted by Gasteiger charge is 2.32. The van der Waals surface area contributed by atoms with Crippen molar-refractivity contribution in [2.75, 3.05) is 5.75 Å². The first-order chi connectivity index (χ1) is 8.49. The Bertz CT molecular complexity index is 521. The SMILES string of the molecule is C[C@@H]1CCC(=O)[C@H](CS(=O)(=O)c2ccccc2)O1. The van der Waals surface area contributed by atoms with Crippen LogP contribution in [0.5, 0.6) is 0 Å². The van der Waals surface area contributed by atoms with Crippen molar-refractivity contribution in [3.8, 4) is 0 Å². The molecular weight excluding hydrogens is 252 g/mol. The van der Waals surface area contributed by atoms with E-state index in [9.17, 15) is 13.2 Å². The molecule has 0 unspecified atom stereocenters. The summed E-state index contributed by atoms with van der Waals surface area (Å²) in [7, 11) is -3.46. The van der Waals surface area contributed by atoms with E-state index in [-0.39, 0.29) is 22.5 Å². The number of ether oxygens (including phenoxy) is 1. The number of ketones is 1. The van der Waals surface area contributed by atoms with E-state index < -0.39 is 15.9 Å². The van der Waals surface area contributed by atoms with E-state index in [4.69, 9.17) is 4.74 Å². The Labute approximate surface area is 107 Å². The molecule has 1 aromatic rings. The highest BCUT2D eigenvalue weighted by atomic mass is 32.2. The molecule has 1 aliphatic rings. The topological polar surface area (TPSA) is 60.4 Å². The molecule has 0 aromatic heterocycles. The van der Waals surface area contributed by atoms with E-state index in [1.54, 1.807) is 18.2 Å². The van der Waals surface area contributed by atoms with E-state index in [0.717, 1.165) is 0 Å². The monoisotopic (exact) mass is 268 g/mol. The summed E-state index contributed by atoms with van der Waals surface area (Å²) < 4.78 is 29.7. The molecule has 0 aliphatic carbocycles. The molecule has 0 bridgehead atoms. The van der Waals surface area contributed by atoms with Crippen LogP contribution in [0.3, 0.4) is 0 Å². The molecule has 2 atom stereocenters. The van der Waals surface area contributed by atoms with E-state index in [1.807, 2.05) is 6.92 Å². The number of carbonyl (C=O) groups excluding carboxylic acids is 1. The van der Waals surface area contributed by atoms with Crippen LogP contribution < -0.4 is 0 Å². The van der Waals surface area contributed by atoms with Crippen LogP contribution in [0, 0.1) is 0 Å². The molecule has 0 N–H and O–H groups in total. The summed E-state index contributed by atoms with van der Waals surface area (Å²) in [6.45, 7) is 1.86. The highest BCUT2D eigenvalue weighted by molar-refractivity contribution is 7.91. The molecule has 0 saturated carbocycles. The van der Waals surface area contributed by atoms with Crippen LogP contribution in [0.25, 0.3) is 0 Å². The molecule has 18 heavy (non-hydrogen) atoms. The van der Waals surface area contributed by atoms with Crippen LogP contribution in [-0.4, -0.2) is 32.2 Å². The third-order valence-electron chi connectivity index (χ3n) is 3.03. The molecule has 1 aliphatic heterocycles. The zero-order chi connectivity index (χ0) is 13.2. The Kier molecular flexibility index (Phi) is 3.82. The summed E-state index contributed by atoms with van der Waals surface area (Å²) in [5.41, 5.74) is 0. The van der Waals surface area contributed by atoms with Gasteiger partial charge in [0.25, 0.3) is 0 Å². The van der Waals surface area contributed by atoms with Crippen molar-refractivity contribution < 1.29 is 17.9 Å². The minimum atomic E-state index is -3.46. The Morgan fingerprint density at radius 1 is 1.28 bits per heavy atom. The molecule has 1 aromatic carbocycles. The minimum Gasteiger partial charge on any atom is -0.366 e. The lowest BCUT2D eigenvalue weighted by atomic mass is 10.0.